The summed E-state index contributed by atoms with van der Waals surface area (Å²) in [6, 6.07) is 5.83. The normalized spacial score (nSPS) is 21.0. The lowest BCUT2D eigenvalue weighted by atomic mass is 10.1. The summed E-state index contributed by atoms with van der Waals surface area (Å²) in [6.45, 7) is 14.9. The number of benzene rings is 1. The van der Waals surface area contributed by atoms with E-state index in [2.05, 4.69) is 45.7 Å². The highest BCUT2D eigenvalue weighted by Crippen LogP contribution is 2.38. The van der Waals surface area contributed by atoms with Gasteiger partial charge in [-0.1, -0.05) is 38.3 Å². The van der Waals surface area contributed by atoms with Crippen LogP contribution in [0, 0.1) is 11.8 Å². The fourth-order valence-corrected chi connectivity index (χ4v) is 4.27. The SMILES string of the molecule is CC1(C)O[C@@H](/C=C/C=O)[C@H](CCC#CCc2cc(O[Si](C)(C)C(C)(C)C)ccc2Cl)O1. The monoisotopic (exact) mass is 462 g/mol. The lowest BCUT2D eigenvalue weighted by molar-refractivity contribution is -0.143. The van der Waals surface area contributed by atoms with Crippen molar-refractivity contribution in [2.75, 3.05) is 0 Å². The average molecular weight is 463 g/mol. The zero-order chi connectivity index (χ0) is 23.3. The van der Waals surface area contributed by atoms with Crippen molar-refractivity contribution >= 4 is 26.2 Å². The van der Waals surface area contributed by atoms with Gasteiger partial charge in [0, 0.05) is 17.9 Å². The Balaban J connectivity index is 1.97. The first kappa shape index (κ1) is 25.7. The first-order valence-electron chi connectivity index (χ1n) is 10.8. The lowest BCUT2D eigenvalue weighted by Crippen LogP contribution is -2.43. The second-order valence-corrected chi connectivity index (χ2v) is 15.0. The van der Waals surface area contributed by atoms with Gasteiger partial charge in [-0.05, 0) is 74.3 Å². The van der Waals surface area contributed by atoms with Crippen LogP contribution in [-0.4, -0.2) is 32.6 Å². The van der Waals surface area contributed by atoms with Gasteiger partial charge >= 0.3 is 0 Å². The minimum atomic E-state index is -1.91. The fourth-order valence-electron chi connectivity index (χ4n) is 3.06. The molecule has 1 heterocycles. The molecule has 0 aromatic heterocycles. The third-order valence-electron chi connectivity index (χ3n) is 5.75. The van der Waals surface area contributed by atoms with Crippen molar-refractivity contribution in [2.45, 2.75) is 90.0 Å². The lowest BCUT2D eigenvalue weighted by Gasteiger charge is -2.36. The van der Waals surface area contributed by atoms with Crippen molar-refractivity contribution in [3.63, 3.8) is 0 Å². The second-order valence-electron chi connectivity index (χ2n) is 9.84. The van der Waals surface area contributed by atoms with Gasteiger partial charge in [0.15, 0.2) is 5.79 Å². The van der Waals surface area contributed by atoms with E-state index < -0.39 is 14.1 Å². The minimum Gasteiger partial charge on any atom is -0.543 e. The maximum atomic E-state index is 10.6. The van der Waals surface area contributed by atoms with Crippen molar-refractivity contribution in [3.8, 4) is 17.6 Å². The first-order valence-corrected chi connectivity index (χ1v) is 14.0. The molecular weight excluding hydrogens is 428 g/mol. The number of aldehydes is 1. The van der Waals surface area contributed by atoms with Gasteiger partial charge in [-0.15, -0.1) is 5.92 Å². The Morgan fingerprint density at radius 2 is 1.94 bits per heavy atom. The maximum Gasteiger partial charge on any atom is 0.250 e. The van der Waals surface area contributed by atoms with Crippen LogP contribution in [0.4, 0.5) is 0 Å². The third-order valence-corrected chi connectivity index (χ3v) is 10.5. The fraction of sp³-hybridized carbons (Fsp3) is 0.560. The highest BCUT2D eigenvalue weighted by atomic mass is 35.5. The molecule has 0 radical (unpaired) electrons. The number of halogens is 1. The van der Waals surface area contributed by atoms with E-state index in [1.807, 2.05) is 32.0 Å². The van der Waals surface area contributed by atoms with E-state index in [1.54, 1.807) is 6.08 Å². The number of hydrogen-bond acceptors (Lipinski definition) is 4. The minimum absolute atomic E-state index is 0.120. The van der Waals surface area contributed by atoms with Crippen molar-refractivity contribution < 1.29 is 18.7 Å². The molecule has 0 aliphatic carbocycles. The summed E-state index contributed by atoms with van der Waals surface area (Å²) in [7, 11) is -1.91. The van der Waals surface area contributed by atoms with E-state index in [1.165, 1.54) is 6.08 Å². The molecule has 1 fully saturated rings. The van der Waals surface area contributed by atoms with Crippen LogP contribution < -0.4 is 4.43 Å². The molecular formula is C25H35ClO4Si. The zero-order valence-electron chi connectivity index (χ0n) is 19.8. The van der Waals surface area contributed by atoms with E-state index in [9.17, 15) is 4.79 Å². The smallest absolute Gasteiger partial charge is 0.250 e. The van der Waals surface area contributed by atoms with E-state index in [4.69, 9.17) is 25.5 Å². The Labute approximate surface area is 193 Å². The summed E-state index contributed by atoms with van der Waals surface area (Å²) in [4.78, 5) is 10.6. The number of rotatable bonds is 7. The van der Waals surface area contributed by atoms with Crippen molar-refractivity contribution in [1.29, 1.82) is 0 Å². The van der Waals surface area contributed by atoms with Gasteiger partial charge in [-0.2, -0.15) is 0 Å². The standard InChI is InChI=1S/C25H35ClO4Si/c1-24(2,3)31(6,7)30-20-15-16-21(26)19(18-20)12-9-8-10-13-22-23(14-11-17-27)29-25(4,5)28-22/h11,14-18,22-23H,10,12-13H2,1-7H3/b14-11+/t22-,23-/m0/s1. The van der Waals surface area contributed by atoms with Crippen LogP contribution in [0.5, 0.6) is 5.75 Å². The molecule has 1 aromatic carbocycles. The third kappa shape index (κ3) is 7.50. The molecule has 0 N–H and O–H groups in total. The van der Waals surface area contributed by atoms with E-state index in [0.717, 1.165) is 24.0 Å². The van der Waals surface area contributed by atoms with Crippen LogP contribution in [0.2, 0.25) is 23.2 Å². The topological polar surface area (TPSA) is 44.8 Å². The molecule has 1 aromatic rings. The molecule has 1 aliphatic heterocycles. The Hall–Kier alpha value is -1.58. The van der Waals surface area contributed by atoms with Gasteiger partial charge in [0.1, 0.15) is 18.1 Å². The van der Waals surface area contributed by atoms with Gasteiger partial charge in [0.2, 0.25) is 8.32 Å². The quantitative estimate of drug-likeness (QED) is 0.205. The number of carbonyl (C=O) groups excluding carboxylic acids is 1. The van der Waals surface area contributed by atoms with Crippen LogP contribution >= 0.6 is 11.6 Å². The van der Waals surface area contributed by atoms with Crippen molar-refractivity contribution in [2.24, 2.45) is 0 Å². The van der Waals surface area contributed by atoms with Crippen LogP contribution in [0.15, 0.2) is 30.4 Å². The van der Waals surface area contributed by atoms with E-state index in [-0.39, 0.29) is 17.2 Å². The molecule has 0 spiro atoms. The number of allylic oxidation sites excluding steroid dienone is 1. The first-order chi connectivity index (χ1) is 14.3. The van der Waals surface area contributed by atoms with Gasteiger partial charge in [-0.3, -0.25) is 4.79 Å². The second kappa shape index (κ2) is 10.4. The van der Waals surface area contributed by atoms with Gasteiger partial charge in [0.05, 0.1) is 6.10 Å². The molecule has 0 unspecified atom stereocenters. The van der Waals surface area contributed by atoms with Crippen LogP contribution in [-0.2, 0) is 20.7 Å². The summed E-state index contributed by atoms with van der Waals surface area (Å²) in [5.41, 5.74) is 0.971. The molecule has 1 aliphatic rings. The van der Waals surface area contributed by atoms with Crippen molar-refractivity contribution in [1.82, 2.24) is 0 Å². The molecule has 31 heavy (non-hydrogen) atoms. The Morgan fingerprint density at radius 1 is 1.23 bits per heavy atom. The summed E-state index contributed by atoms with van der Waals surface area (Å²) in [5, 5.41) is 0.830. The highest BCUT2D eigenvalue weighted by Gasteiger charge is 2.40. The predicted molar refractivity (Wildman–Crippen MR) is 129 cm³/mol. The molecule has 2 atom stereocenters. The Morgan fingerprint density at radius 3 is 2.58 bits per heavy atom. The molecule has 6 heteroatoms. The Bertz CT molecular complexity index is 858. The highest BCUT2D eigenvalue weighted by molar-refractivity contribution is 6.74. The maximum absolute atomic E-state index is 10.6. The van der Waals surface area contributed by atoms with Crippen LogP contribution in [0.25, 0.3) is 0 Å². The largest absolute Gasteiger partial charge is 0.543 e. The number of ether oxygens (including phenoxy) is 2. The summed E-state index contributed by atoms with van der Waals surface area (Å²) in [5.74, 6) is 6.63. The molecule has 2 rings (SSSR count). The summed E-state index contributed by atoms with van der Waals surface area (Å²) >= 11 is 6.39. The molecule has 4 nitrogen and oxygen atoms in total. The van der Waals surface area contributed by atoms with Gasteiger partial charge < -0.3 is 13.9 Å². The molecule has 0 bridgehead atoms. The Kier molecular flexibility index (Phi) is 8.58. The molecule has 170 valence electrons. The number of hydrogen-bond donors (Lipinski definition) is 0. The van der Waals surface area contributed by atoms with E-state index >= 15 is 0 Å². The van der Waals surface area contributed by atoms with Crippen molar-refractivity contribution in [3.05, 3.63) is 40.9 Å². The molecule has 0 amide bonds. The number of carbonyl (C=O) groups is 1. The van der Waals surface area contributed by atoms with Gasteiger partial charge in [-0.25, -0.2) is 0 Å². The van der Waals surface area contributed by atoms with E-state index in [0.29, 0.717) is 17.9 Å². The predicted octanol–water partition coefficient (Wildman–Crippen LogP) is 6.33. The molecule has 1 saturated heterocycles. The summed E-state index contributed by atoms with van der Waals surface area (Å²) in [6.07, 6.45) is 5.56. The molecule has 0 saturated carbocycles. The zero-order valence-corrected chi connectivity index (χ0v) is 21.5. The summed E-state index contributed by atoms with van der Waals surface area (Å²) < 4.78 is 18.2. The van der Waals surface area contributed by atoms with Gasteiger partial charge in [0.25, 0.3) is 0 Å². The average Bonchev–Trinajstić information content (AvgIpc) is 2.94. The van der Waals surface area contributed by atoms with Crippen LogP contribution in [0.1, 0.15) is 53.0 Å². The van der Waals surface area contributed by atoms with Crippen LogP contribution in [0.3, 0.4) is 0 Å².